The van der Waals surface area contributed by atoms with Gasteiger partial charge < -0.3 is 9.64 Å². The highest BCUT2D eigenvalue weighted by molar-refractivity contribution is 6.10. The number of para-hydroxylation sites is 3. The van der Waals surface area contributed by atoms with Crippen molar-refractivity contribution in [2.24, 2.45) is 0 Å². The first-order valence-electron chi connectivity index (χ1n) is 7.53. The molecule has 1 aliphatic rings. The average molecular weight is 310 g/mol. The van der Waals surface area contributed by atoms with Crippen molar-refractivity contribution in [3.05, 3.63) is 54.6 Å². The van der Waals surface area contributed by atoms with E-state index in [0.29, 0.717) is 11.4 Å². The summed E-state index contributed by atoms with van der Waals surface area (Å²) in [5.41, 5.74) is 1.41. The van der Waals surface area contributed by atoms with Crippen LogP contribution in [-0.4, -0.2) is 24.6 Å². The van der Waals surface area contributed by atoms with Gasteiger partial charge in [-0.05, 0) is 38.1 Å². The molecule has 0 aliphatic carbocycles. The van der Waals surface area contributed by atoms with Crippen molar-refractivity contribution >= 4 is 23.4 Å². The van der Waals surface area contributed by atoms with Crippen LogP contribution in [-0.2, 0) is 4.79 Å². The minimum Gasteiger partial charge on any atom is -0.410 e. The zero-order valence-corrected chi connectivity index (χ0v) is 13.1. The van der Waals surface area contributed by atoms with Crippen LogP contribution in [0, 0.1) is 0 Å². The monoisotopic (exact) mass is 310 g/mol. The molecule has 3 rings (SSSR count). The van der Waals surface area contributed by atoms with Gasteiger partial charge in [0.05, 0.1) is 11.4 Å². The summed E-state index contributed by atoms with van der Waals surface area (Å²) in [5.74, 6) is 0.331. The summed E-state index contributed by atoms with van der Waals surface area (Å²) in [7, 11) is 0. The third kappa shape index (κ3) is 2.90. The van der Waals surface area contributed by atoms with Gasteiger partial charge >= 0.3 is 6.09 Å². The molecular weight excluding hydrogens is 292 g/mol. The van der Waals surface area contributed by atoms with Gasteiger partial charge in [0.25, 0.3) is 0 Å². The molecule has 118 valence electrons. The minimum absolute atomic E-state index is 0.0240. The first-order valence-corrected chi connectivity index (χ1v) is 7.53. The fourth-order valence-electron chi connectivity index (χ4n) is 2.70. The van der Waals surface area contributed by atoms with Crippen LogP contribution in [0.25, 0.3) is 0 Å². The molecule has 2 amide bonds. The van der Waals surface area contributed by atoms with E-state index < -0.39 is 6.09 Å². The number of carbonyl (C=O) groups excluding carboxylic acids is 2. The largest absolute Gasteiger partial charge is 0.420 e. The summed E-state index contributed by atoms with van der Waals surface area (Å²) < 4.78 is 5.37. The Morgan fingerprint density at radius 3 is 2.26 bits per heavy atom. The van der Waals surface area contributed by atoms with E-state index >= 15 is 0 Å². The van der Waals surface area contributed by atoms with Crippen LogP contribution in [0.1, 0.15) is 13.8 Å². The zero-order chi connectivity index (χ0) is 16.4. The number of carbonyl (C=O) groups is 2. The highest BCUT2D eigenvalue weighted by Gasteiger charge is 2.34. The molecule has 2 aromatic rings. The first kappa shape index (κ1) is 15.1. The molecule has 1 aliphatic heterocycles. The van der Waals surface area contributed by atoms with E-state index in [0.717, 1.165) is 5.69 Å². The highest BCUT2D eigenvalue weighted by Crippen LogP contribution is 2.35. The Hall–Kier alpha value is -2.82. The second-order valence-corrected chi connectivity index (χ2v) is 5.61. The highest BCUT2D eigenvalue weighted by atomic mass is 16.6. The van der Waals surface area contributed by atoms with Crippen molar-refractivity contribution in [1.82, 2.24) is 0 Å². The van der Waals surface area contributed by atoms with Crippen molar-refractivity contribution < 1.29 is 14.3 Å². The standard InChI is InChI=1S/C18H18N2O3/c1-13(2)20-16-11-7-6-10-15(16)19(12-17(20)21)18(22)23-14-8-4-3-5-9-14/h3-11,13H,12H2,1-2H3. The van der Waals surface area contributed by atoms with Gasteiger partial charge in [-0.25, -0.2) is 4.79 Å². The Bertz CT molecular complexity index is 728. The number of benzene rings is 2. The van der Waals surface area contributed by atoms with Crippen LogP contribution < -0.4 is 14.5 Å². The third-order valence-corrected chi connectivity index (χ3v) is 3.68. The molecule has 5 nitrogen and oxygen atoms in total. The number of nitrogens with zero attached hydrogens (tertiary/aromatic N) is 2. The van der Waals surface area contributed by atoms with Crippen molar-refractivity contribution in [3.8, 4) is 5.75 Å². The molecule has 0 aromatic heterocycles. The number of rotatable bonds is 2. The van der Waals surface area contributed by atoms with E-state index in [9.17, 15) is 9.59 Å². The van der Waals surface area contributed by atoms with Crippen molar-refractivity contribution in [2.45, 2.75) is 19.9 Å². The van der Waals surface area contributed by atoms with E-state index in [1.165, 1.54) is 4.90 Å². The molecule has 5 heteroatoms. The maximum Gasteiger partial charge on any atom is 0.420 e. The van der Waals surface area contributed by atoms with Gasteiger partial charge in [0.1, 0.15) is 12.3 Å². The Morgan fingerprint density at radius 1 is 1.00 bits per heavy atom. The lowest BCUT2D eigenvalue weighted by molar-refractivity contribution is -0.117. The van der Waals surface area contributed by atoms with E-state index in [4.69, 9.17) is 4.74 Å². The van der Waals surface area contributed by atoms with Gasteiger partial charge in [0.15, 0.2) is 0 Å². The van der Waals surface area contributed by atoms with Crippen molar-refractivity contribution in [3.63, 3.8) is 0 Å². The molecular formula is C18H18N2O3. The number of hydrogen-bond acceptors (Lipinski definition) is 3. The Labute approximate surface area is 135 Å². The molecule has 0 spiro atoms. The zero-order valence-electron chi connectivity index (χ0n) is 13.1. The van der Waals surface area contributed by atoms with Crippen LogP contribution in [0.3, 0.4) is 0 Å². The quantitative estimate of drug-likeness (QED) is 0.853. The van der Waals surface area contributed by atoms with Crippen LogP contribution in [0.4, 0.5) is 16.2 Å². The number of ether oxygens (including phenoxy) is 1. The summed E-state index contributed by atoms with van der Waals surface area (Å²) in [4.78, 5) is 28.0. The first-order chi connectivity index (χ1) is 11.1. The molecule has 0 atom stereocenters. The molecule has 0 saturated carbocycles. The molecule has 0 radical (unpaired) electrons. The molecule has 0 N–H and O–H groups in total. The molecule has 0 unspecified atom stereocenters. The number of amides is 2. The second-order valence-electron chi connectivity index (χ2n) is 5.61. The van der Waals surface area contributed by atoms with Crippen molar-refractivity contribution in [2.75, 3.05) is 16.3 Å². The van der Waals surface area contributed by atoms with Crippen LogP contribution in [0.15, 0.2) is 54.6 Å². The Balaban J connectivity index is 1.92. The average Bonchev–Trinajstić information content (AvgIpc) is 2.54. The number of anilines is 2. The lowest BCUT2D eigenvalue weighted by Gasteiger charge is -2.37. The summed E-state index contributed by atoms with van der Waals surface area (Å²) >= 11 is 0. The Morgan fingerprint density at radius 2 is 1.61 bits per heavy atom. The lowest BCUT2D eigenvalue weighted by Crippen LogP contribution is -2.51. The smallest absolute Gasteiger partial charge is 0.410 e. The van der Waals surface area contributed by atoms with E-state index in [1.807, 2.05) is 44.2 Å². The molecule has 0 fully saturated rings. The predicted octanol–water partition coefficient (Wildman–Crippen LogP) is 3.45. The molecule has 1 heterocycles. The number of hydrogen-bond donors (Lipinski definition) is 0. The van der Waals surface area contributed by atoms with Gasteiger partial charge in [-0.1, -0.05) is 30.3 Å². The predicted molar refractivity (Wildman–Crippen MR) is 88.9 cm³/mol. The summed E-state index contributed by atoms with van der Waals surface area (Å²) in [6.07, 6.45) is -0.555. The third-order valence-electron chi connectivity index (χ3n) is 3.68. The van der Waals surface area contributed by atoms with Crippen LogP contribution in [0.2, 0.25) is 0 Å². The maximum absolute atomic E-state index is 12.5. The van der Waals surface area contributed by atoms with Crippen LogP contribution in [0.5, 0.6) is 5.75 Å². The van der Waals surface area contributed by atoms with E-state index in [1.54, 1.807) is 29.2 Å². The van der Waals surface area contributed by atoms with E-state index in [-0.39, 0.29) is 18.5 Å². The summed E-state index contributed by atoms with van der Waals surface area (Å²) in [5, 5.41) is 0. The van der Waals surface area contributed by atoms with E-state index in [2.05, 4.69) is 0 Å². The van der Waals surface area contributed by atoms with Gasteiger partial charge in [0.2, 0.25) is 5.91 Å². The maximum atomic E-state index is 12.5. The topological polar surface area (TPSA) is 49.9 Å². The van der Waals surface area contributed by atoms with Crippen molar-refractivity contribution in [1.29, 1.82) is 0 Å². The minimum atomic E-state index is -0.555. The van der Waals surface area contributed by atoms with Gasteiger partial charge in [-0.2, -0.15) is 0 Å². The second kappa shape index (κ2) is 6.12. The lowest BCUT2D eigenvalue weighted by atomic mass is 10.1. The fraction of sp³-hybridized carbons (Fsp3) is 0.222. The molecule has 0 saturated heterocycles. The van der Waals surface area contributed by atoms with Gasteiger partial charge in [0, 0.05) is 6.04 Å². The molecule has 0 bridgehead atoms. The summed E-state index contributed by atoms with van der Waals surface area (Å²) in [6.45, 7) is 3.88. The van der Waals surface area contributed by atoms with Crippen LogP contribution >= 0.6 is 0 Å². The SMILES string of the molecule is CC(C)N1C(=O)CN(C(=O)Oc2ccccc2)c2ccccc21. The molecule has 23 heavy (non-hydrogen) atoms. The Kier molecular flexibility index (Phi) is 4.02. The number of fused-ring (bicyclic) bond motifs is 1. The molecule has 2 aromatic carbocycles. The fourth-order valence-corrected chi connectivity index (χ4v) is 2.70. The van der Waals surface area contributed by atoms with Gasteiger partial charge in [-0.3, -0.25) is 9.69 Å². The summed E-state index contributed by atoms with van der Waals surface area (Å²) in [6, 6.07) is 16.2. The van der Waals surface area contributed by atoms with Gasteiger partial charge in [-0.15, -0.1) is 0 Å². The normalized spacial score (nSPS) is 14.0.